The van der Waals surface area contributed by atoms with Gasteiger partial charge in [-0.2, -0.15) is 0 Å². The van der Waals surface area contributed by atoms with Gasteiger partial charge >= 0.3 is 5.97 Å². The van der Waals surface area contributed by atoms with Gasteiger partial charge in [0.15, 0.2) is 0 Å². The number of benzene rings is 2. The Labute approximate surface area is 150 Å². The molecule has 0 bridgehead atoms. The van der Waals surface area contributed by atoms with E-state index in [0.29, 0.717) is 24.2 Å². The fraction of sp³-hybridized carbons (Fsp3) is 0.235. The third-order valence-corrected chi connectivity index (χ3v) is 5.86. The van der Waals surface area contributed by atoms with E-state index in [4.69, 9.17) is 16.3 Å². The van der Waals surface area contributed by atoms with Gasteiger partial charge in [0.05, 0.1) is 28.3 Å². The molecule has 1 aliphatic rings. The summed E-state index contributed by atoms with van der Waals surface area (Å²) in [5.41, 5.74) is 1.69. The zero-order valence-corrected chi connectivity index (χ0v) is 14.9. The molecule has 0 aliphatic heterocycles. The number of ether oxygens (including phenoxy) is 1. The van der Waals surface area contributed by atoms with Crippen LogP contribution in [0, 0.1) is 0 Å². The Kier molecular flexibility index (Phi) is 4.62. The quantitative estimate of drug-likeness (QED) is 0.828. The van der Waals surface area contributed by atoms with Gasteiger partial charge in [-0.3, -0.25) is 4.72 Å². The van der Waals surface area contributed by atoms with E-state index in [1.807, 2.05) is 0 Å². The van der Waals surface area contributed by atoms with Crippen molar-refractivity contribution in [1.29, 1.82) is 0 Å². The summed E-state index contributed by atoms with van der Waals surface area (Å²) >= 11 is 6.03. The number of hydrogen-bond donors (Lipinski definition) is 2. The molecule has 0 radical (unpaired) electrons. The minimum Gasteiger partial charge on any atom is -0.495 e. The Morgan fingerprint density at radius 1 is 1.24 bits per heavy atom. The molecule has 1 aliphatic carbocycles. The molecule has 2 aromatic carbocycles. The molecule has 0 heterocycles. The van der Waals surface area contributed by atoms with Crippen molar-refractivity contribution in [2.75, 3.05) is 11.8 Å². The van der Waals surface area contributed by atoms with E-state index in [1.165, 1.54) is 25.3 Å². The number of sulfonamides is 1. The average Bonchev–Trinajstić information content (AvgIpc) is 3.01. The first kappa shape index (κ1) is 17.6. The summed E-state index contributed by atoms with van der Waals surface area (Å²) in [4.78, 5) is 11.3. The average molecular weight is 382 g/mol. The number of hydrogen-bond acceptors (Lipinski definition) is 4. The lowest BCUT2D eigenvalue weighted by atomic mass is 10.1. The summed E-state index contributed by atoms with van der Waals surface area (Å²) in [6.45, 7) is 0. The Balaban J connectivity index is 2.03. The number of carboxylic acids is 1. The smallest absolute Gasteiger partial charge is 0.335 e. The van der Waals surface area contributed by atoms with Crippen molar-refractivity contribution < 1.29 is 23.1 Å². The van der Waals surface area contributed by atoms with Gasteiger partial charge in [-0.25, -0.2) is 13.2 Å². The maximum atomic E-state index is 12.8. The Morgan fingerprint density at radius 2 is 2.00 bits per heavy atom. The van der Waals surface area contributed by atoms with Gasteiger partial charge in [0.25, 0.3) is 10.0 Å². The standard InChI is InChI=1S/C17H16ClNO5S/c1-24-15-6-5-12(9-14(15)18)19-25(22,23)16-8-11(17(20)21)7-10-3-2-4-13(10)16/h5-9,19H,2-4H2,1H3,(H,20,21). The summed E-state index contributed by atoms with van der Waals surface area (Å²) < 4.78 is 33.2. The molecular formula is C17H16ClNO5S. The van der Waals surface area contributed by atoms with Crippen LogP contribution in [0.1, 0.15) is 27.9 Å². The number of fused-ring (bicyclic) bond motifs is 1. The lowest BCUT2D eigenvalue weighted by Gasteiger charge is -2.14. The zero-order chi connectivity index (χ0) is 18.2. The number of methoxy groups -OCH3 is 1. The number of nitrogens with one attached hydrogen (secondary N) is 1. The highest BCUT2D eigenvalue weighted by atomic mass is 35.5. The molecule has 3 rings (SSSR count). The molecule has 8 heteroatoms. The van der Waals surface area contributed by atoms with Crippen LogP contribution in [0.25, 0.3) is 0 Å². The highest BCUT2D eigenvalue weighted by Gasteiger charge is 2.26. The molecule has 0 amide bonds. The molecule has 0 aromatic heterocycles. The van der Waals surface area contributed by atoms with Crippen LogP contribution in [0.15, 0.2) is 35.2 Å². The molecule has 0 saturated carbocycles. The maximum Gasteiger partial charge on any atom is 0.335 e. The predicted molar refractivity (Wildman–Crippen MR) is 94.2 cm³/mol. The van der Waals surface area contributed by atoms with Crippen LogP contribution in [-0.2, 0) is 22.9 Å². The molecular weight excluding hydrogens is 366 g/mol. The van der Waals surface area contributed by atoms with Crippen LogP contribution >= 0.6 is 11.6 Å². The minimum absolute atomic E-state index is 0.00633. The molecule has 0 atom stereocenters. The van der Waals surface area contributed by atoms with Gasteiger partial charge in [-0.1, -0.05) is 11.6 Å². The maximum absolute atomic E-state index is 12.8. The number of halogens is 1. The van der Waals surface area contributed by atoms with E-state index in [-0.39, 0.29) is 21.2 Å². The number of aryl methyl sites for hydroxylation is 1. The summed E-state index contributed by atoms with van der Waals surface area (Å²) in [6.07, 6.45) is 2.08. The van der Waals surface area contributed by atoms with Gasteiger partial charge < -0.3 is 9.84 Å². The second kappa shape index (κ2) is 6.57. The Morgan fingerprint density at radius 3 is 2.64 bits per heavy atom. The van der Waals surface area contributed by atoms with E-state index in [2.05, 4.69) is 4.72 Å². The van der Waals surface area contributed by atoms with Crippen molar-refractivity contribution in [2.24, 2.45) is 0 Å². The lowest BCUT2D eigenvalue weighted by molar-refractivity contribution is 0.0696. The highest BCUT2D eigenvalue weighted by Crippen LogP contribution is 2.32. The van der Waals surface area contributed by atoms with Crippen LogP contribution in [0.4, 0.5) is 5.69 Å². The molecule has 2 aromatic rings. The molecule has 2 N–H and O–H groups in total. The van der Waals surface area contributed by atoms with Crippen molar-refractivity contribution in [1.82, 2.24) is 0 Å². The third-order valence-electron chi connectivity index (χ3n) is 4.11. The Hall–Kier alpha value is -2.25. The summed E-state index contributed by atoms with van der Waals surface area (Å²) in [5, 5.41) is 9.51. The monoisotopic (exact) mass is 381 g/mol. The fourth-order valence-electron chi connectivity index (χ4n) is 2.97. The molecule has 25 heavy (non-hydrogen) atoms. The van der Waals surface area contributed by atoms with E-state index >= 15 is 0 Å². The molecule has 0 fully saturated rings. The second-order valence-corrected chi connectivity index (χ2v) is 7.78. The molecule has 0 saturated heterocycles. The molecule has 0 spiro atoms. The van der Waals surface area contributed by atoms with Crippen LogP contribution in [0.5, 0.6) is 5.75 Å². The Bertz CT molecular complexity index is 956. The first-order valence-electron chi connectivity index (χ1n) is 7.57. The van der Waals surface area contributed by atoms with Crippen LogP contribution in [0.2, 0.25) is 5.02 Å². The number of anilines is 1. The largest absolute Gasteiger partial charge is 0.495 e. The summed E-state index contributed by atoms with van der Waals surface area (Å²) in [6, 6.07) is 7.29. The fourth-order valence-corrected chi connectivity index (χ4v) is 4.61. The van der Waals surface area contributed by atoms with Crippen molar-refractivity contribution in [2.45, 2.75) is 24.2 Å². The van der Waals surface area contributed by atoms with Crippen LogP contribution in [-0.4, -0.2) is 26.6 Å². The minimum atomic E-state index is -3.94. The van der Waals surface area contributed by atoms with Gasteiger partial charge in [0.1, 0.15) is 5.75 Å². The lowest BCUT2D eigenvalue weighted by Crippen LogP contribution is -2.16. The van der Waals surface area contributed by atoms with Gasteiger partial charge in [0.2, 0.25) is 0 Å². The molecule has 0 unspecified atom stereocenters. The SMILES string of the molecule is COc1ccc(NS(=O)(=O)c2cc(C(=O)O)cc3c2CCC3)cc1Cl. The first-order chi connectivity index (χ1) is 11.8. The van der Waals surface area contributed by atoms with Gasteiger partial charge in [-0.15, -0.1) is 0 Å². The van der Waals surface area contributed by atoms with Crippen molar-refractivity contribution in [3.63, 3.8) is 0 Å². The van der Waals surface area contributed by atoms with E-state index in [1.54, 1.807) is 12.1 Å². The molecule has 6 nitrogen and oxygen atoms in total. The van der Waals surface area contributed by atoms with Gasteiger partial charge in [-0.05, 0) is 60.7 Å². The third kappa shape index (κ3) is 3.43. The summed E-state index contributed by atoms with van der Waals surface area (Å²) in [5.74, 6) is -0.725. The van der Waals surface area contributed by atoms with Crippen molar-refractivity contribution >= 4 is 33.3 Å². The summed E-state index contributed by atoms with van der Waals surface area (Å²) in [7, 11) is -2.48. The van der Waals surface area contributed by atoms with Crippen molar-refractivity contribution in [3.05, 3.63) is 52.0 Å². The van der Waals surface area contributed by atoms with E-state index < -0.39 is 16.0 Å². The number of carbonyl (C=O) groups is 1. The van der Waals surface area contributed by atoms with E-state index in [9.17, 15) is 18.3 Å². The highest BCUT2D eigenvalue weighted by molar-refractivity contribution is 7.92. The van der Waals surface area contributed by atoms with Gasteiger partial charge in [0, 0.05) is 0 Å². The van der Waals surface area contributed by atoms with Crippen LogP contribution < -0.4 is 9.46 Å². The first-order valence-corrected chi connectivity index (χ1v) is 9.43. The van der Waals surface area contributed by atoms with E-state index in [0.717, 1.165) is 12.0 Å². The second-order valence-electron chi connectivity index (χ2n) is 5.73. The number of aromatic carboxylic acids is 1. The predicted octanol–water partition coefficient (Wildman–Crippen LogP) is 3.34. The zero-order valence-electron chi connectivity index (χ0n) is 13.4. The number of carboxylic acid groups (broad SMARTS) is 1. The topological polar surface area (TPSA) is 92.7 Å². The van der Waals surface area contributed by atoms with Crippen molar-refractivity contribution in [3.8, 4) is 5.75 Å². The molecule has 132 valence electrons. The normalized spacial score (nSPS) is 13.4. The number of rotatable bonds is 5. The van der Waals surface area contributed by atoms with Crippen LogP contribution in [0.3, 0.4) is 0 Å².